The Hall–Kier alpha value is -4.38. The molecule has 2 fully saturated rings. The lowest BCUT2D eigenvalue weighted by molar-refractivity contribution is -0.137. The first kappa shape index (κ1) is 26.8. The van der Waals surface area contributed by atoms with Crippen LogP contribution in [0.1, 0.15) is 30.4 Å². The number of nitrogens with two attached hydrogens (primary N) is 1. The molecular weight excluding hydrogens is 524 g/mol. The smallest absolute Gasteiger partial charge is 0.240 e. The average Bonchev–Trinajstić information content (AvgIpc) is 3.74. The molecule has 41 heavy (non-hydrogen) atoms. The lowest BCUT2D eigenvalue weighted by Gasteiger charge is -2.25. The number of rotatable bonds is 3. The van der Waals surface area contributed by atoms with Crippen molar-refractivity contribution in [1.82, 2.24) is 20.2 Å². The molecule has 7 rings (SSSR count). The van der Waals surface area contributed by atoms with Crippen molar-refractivity contribution in [2.75, 3.05) is 37.4 Å². The van der Waals surface area contributed by atoms with E-state index >= 15 is 0 Å². The highest BCUT2D eigenvalue weighted by Crippen LogP contribution is 2.34. The first-order chi connectivity index (χ1) is 19.9. The number of fused-ring (bicyclic) bond motifs is 9. The molecule has 214 valence electrons. The van der Waals surface area contributed by atoms with Gasteiger partial charge in [-0.1, -0.05) is 18.2 Å². The Bertz CT molecular complexity index is 1430. The van der Waals surface area contributed by atoms with E-state index in [4.69, 9.17) is 19.9 Å². The number of carbonyl (C=O) groups is 2. The number of ether oxygens (including phenoxy) is 3. The van der Waals surface area contributed by atoms with Gasteiger partial charge in [-0.15, -0.1) is 0 Å². The zero-order chi connectivity index (χ0) is 28.3. The number of nitrogens with one attached hydrogen (secondary N) is 1. The molecule has 3 N–H and O–H groups in total. The van der Waals surface area contributed by atoms with Crippen LogP contribution in [0, 0.1) is 0 Å². The number of aryl methyl sites for hydroxylation is 1. The molecule has 4 bridgehead atoms. The van der Waals surface area contributed by atoms with E-state index in [1.807, 2.05) is 47.4 Å². The highest BCUT2D eigenvalue weighted by molar-refractivity contribution is 5.85. The lowest BCUT2D eigenvalue weighted by atomic mass is 10.1. The SMILES string of the molecule is COc1cc2ccc1Oc1cccc(c1)CO[C@H]1CN(c3ccnc(N)n3)C[C@@H]1NC(=O)CN(C1CC1)C(=O)CC2. The first-order valence-electron chi connectivity index (χ1n) is 13.9. The average molecular weight is 559 g/mol. The number of methoxy groups -OCH3 is 1. The first-order valence-corrected chi connectivity index (χ1v) is 13.9. The van der Waals surface area contributed by atoms with Crippen molar-refractivity contribution in [3.63, 3.8) is 0 Å². The van der Waals surface area contributed by atoms with E-state index in [0.717, 1.165) is 24.0 Å². The number of amides is 2. The van der Waals surface area contributed by atoms with Crippen molar-refractivity contribution < 1.29 is 23.8 Å². The monoisotopic (exact) mass is 558 g/mol. The molecule has 2 atom stereocenters. The number of hydrogen-bond acceptors (Lipinski definition) is 9. The van der Waals surface area contributed by atoms with E-state index in [0.29, 0.717) is 55.6 Å². The van der Waals surface area contributed by atoms with Crippen molar-refractivity contribution in [3.05, 3.63) is 65.9 Å². The Morgan fingerprint density at radius 2 is 1.93 bits per heavy atom. The third kappa shape index (κ3) is 6.35. The van der Waals surface area contributed by atoms with E-state index in [-0.39, 0.29) is 42.5 Å². The summed E-state index contributed by atoms with van der Waals surface area (Å²) in [7, 11) is 1.60. The van der Waals surface area contributed by atoms with Crippen LogP contribution in [-0.2, 0) is 27.4 Å². The lowest BCUT2D eigenvalue weighted by Crippen LogP contribution is -2.49. The van der Waals surface area contributed by atoms with Gasteiger partial charge in [0.1, 0.15) is 11.6 Å². The van der Waals surface area contributed by atoms with Gasteiger partial charge < -0.3 is 35.1 Å². The number of nitrogens with zero attached hydrogens (tertiary/aromatic N) is 4. The summed E-state index contributed by atoms with van der Waals surface area (Å²) >= 11 is 0. The van der Waals surface area contributed by atoms with Crippen LogP contribution < -0.4 is 25.4 Å². The molecule has 1 saturated carbocycles. The van der Waals surface area contributed by atoms with Crippen molar-refractivity contribution in [1.29, 1.82) is 0 Å². The third-order valence-electron chi connectivity index (χ3n) is 7.66. The predicted octanol–water partition coefficient (Wildman–Crippen LogP) is 2.69. The van der Waals surface area contributed by atoms with Gasteiger partial charge in [0, 0.05) is 31.7 Å². The van der Waals surface area contributed by atoms with Gasteiger partial charge >= 0.3 is 0 Å². The van der Waals surface area contributed by atoms with Crippen LogP contribution in [0.3, 0.4) is 0 Å². The summed E-state index contributed by atoms with van der Waals surface area (Å²) in [6.45, 7) is 1.33. The molecule has 2 aromatic carbocycles. The van der Waals surface area contributed by atoms with Crippen molar-refractivity contribution in [2.45, 2.75) is 50.5 Å². The van der Waals surface area contributed by atoms with Crippen LogP contribution in [-0.4, -0.2) is 71.6 Å². The molecule has 0 radical (unpaired) electrons. The second kappa shape index (κ2) is 11.6. The van der Waals surface area contributed by atoms with E-state index < -0.39 is 0 Å². The highest BCUT2D eigenvalue weighted by atomic mass is 16.5. The Balaban J connectivity index is 1.28. The fourth-order valence-corrected chi connectivity index (χ4v) is 5.40. The minimum atomic E-state index is -0.320. The zero-order valence-corrected chi connectivity index (χ0v) is 23.0. The number of aromatic nitrogens is 2. The van der Waals surface area contributed by atoms with Crippen LogP contribution >= 0.6 is 0 Å². The van der Waals surface area contributed by atoms with Crippen molar-refractivity contribution in [2.24, 2.45) is 0 Å². The molecular formula is C30H34N6O5. The molecule has 11 heteroatoms. The van der Waals surface area contributed by atoms with Gasteiger partial charge in [0.2, 0.25) is 17.8 Å². The molecule has 11 nitrogen and oxygen atoms in total. The predicted molar refractivity (Wildman–Crippen MR) is 152 cm³/mol. The van der Waals surface area contributed by atoms with Crippen LogP contribution in [0.2, 0.25) is 0 Å². The van der Waals surface area contributed by atoms with Crippen LogP contribution in [0.15, 0.2) is 54.7 Å². The molecule has 0 unspecified atom stereocenters. The highest BCUT2D eigenvalue weighted by Gasteiger charge is 2.38. The molecule has 1 saturated heterocycles. The summed E-state index contributed by atoms with van der Waals surface area (Å²) in [6, 6.07) is 15.0. The van der Waals surface area contributed by atoms with E-state index in [1.54, 1.807) is 24.3 Å². The summed E-state index contributed by atoms with van der Waals surface area (Å²) in [5.74, 6) is 2.44. The maximum Gasteiger partial charge on any atom is 0.240 e. The Labute approximate surface area is 238 Å². The van der Waals surface area contributed by atoms with Crippen LogP contribution in [0.4, 0.5) is 11.8 Å². The van der Waals surface area contributed by atoms with Gasteiger partial charge in [0.05, 0.1) is 32.4 Å². The van der Waals surface area contributed by atoms with Gasteiger partial charge in [0.25, 0.3) is 0 Å². The summed E-state index contributed by atoms with van der Waals surface area (Å²) in [5, 5.41) is 3.14. The quantitative estimate of drug-likeness (QED) is 0.498. The van der Waals surface area contributed by atoms with Crippen molar-refractivity contribution in [3.8, 4) is 17.2 Å². The number of anilines is 2. The minimum Gasteiger partial charge on any atom is -0.493 e. The molecule has 1 aliphatic carbocycles. The Morgan fingerprint density at radius 3 is 2.73 bits per heavy atom. The third-order valence-corrected chi connectivity index (χ3v) is 7.66. The van der Waals surface area contributed by atoms with E-state index in [9.17, 15) is 9.59 Å². The van der Waals surface area contributed by atoms with Crippen LogP contribution in [0.25, 0.3) is 0 Å². The summed E-state index contributed by atoms with van der Waals surface area (Å²) in [6.07, 6.45) is 3.95. The molecule has 3 aliphatic heterocycles. The number of nitrogen functional groups attached to an aromatic ring is 1. The maximum atomic E-state index is 13.3. The van der Waals surface area contributed by atoms with Gasteiger partial charge in [-0.3, -0.25) is 9.59 Å². The zero-order valence-electron chi connectivity index (χ0n) is 23.0. The summed E-state index contributed by atoms with van der Waals surface area (Å²) in [5.41, 5.74) is 7.72. The standard InChI is InChI=1S/C30H34N6O5/c1-39-25-14-19-5-9-24(25)41-22-4-2-3-20(13-22)18-40-26-16-35(27-11-12-32-30(31)34-27)15-23(26)33-28(37)17-36(21-7-8-21)29(38)10-6-19/h2-5,9,11-14,21,23,26H,6-8,10,15-18H2,1H3,(H,33,37)(H2,31,32,34)/t23-,26-/m0/s1. The van der Waals surface area contributed by atoms with E-state index in [1.165, 1.54) is 0 Å². The minimum absolute atomic E-state index is 0.0192. The summed E-state index contributed by atoms with van der Waals surface area (Å²) in [4.78, 5) is 38.7. The van der Waals surface area contributed by atoms with Crippen molar-refractivity contribution >= 4 is 23.6 Å². The number of carbonyl (C=O) groups excluding carboxylic acids is 2. The Kier molecular flexibility index (Phi) is 7.60. The molecule has 2 amide bonds. The number of benzene rings is 2. The van der Waals surface area contributed by atoms with E-state index in [2.05, 4.69) is 15.3 Å². The summed E-state index contributed by atoms with van der Waals surface area (Å²) < 4.78 is 18.2. The van der Waals surface area contributed by atoms with Gasteiger partial charge in [-0.25, -0.2) is 4.98 Å². The topological polar surface area (TPSA) is 132 Å². The maximum absolute atomic E-state index is 13.3. The molecule has 1 aromatic heterocycles. The fourth-order valence-electron chi connectivity index (χ4n) is 5.40. The fraction of sp³-hybridized carbons (Fsp3) is 0.400. The number of hydrogen-bond donors (Lipinski definition) is 2. The largest absolute Gasteiger partial charge is 0.493 e. The normalized spacial score (nSPS) is 21.8. The Morgan fingerprint density at radius 1 is 1.05 bits per heavy atom. The molecule has 0 spiro atoms. The van der Waals surface area contributed by atoms with Gasteiger partial charge in [0.15, 0.2) is 11.5 Å². The second-order valence-corrected chi connectivity index (χ2v) is 10.7. The second-order valence-electron chi connectivity index (χ2n) is 10.7. The van der Waals surface area contributed by atoms with Gasteiger partial charge in [-0.2, -0.15) is 4.98 Å². The van der Waals surface area contributed by atoms with Gasteiger partial charge in [-0.05, 0) is 60.7 Å². The van der Waals surface area contributed by atoms with Crippen LogP contribution in [0.5, 0.6) is 17.2 Å². The molecule has 4 aliphatic rings. The molecule has 3 aromatic rings. The molecule has 4 heterocycles.